The van der Waals surface area contributed by atoms with Crippen molar-refractivity contribution in [1.29, 1.82) is 0 Å². The van der Waals surface area contributed by atoms with Crippen LogP contribution in [-0.4, -0.2) is 37.1 Å². The smallest absolute Gasteiger partial charge is 0.257 e. The third-order valence-electron chi connectivity index (χ3n) is 4.46. The van der Waals surface area contributed by atoms with Crippen LogP contribution in [0.25, 0.3) is 0 Å². The molecule has 0 unspecified atom stereocenters. The van der Waals surface area contributed by atoms with Crippen molar-refractivity contribution in [2.45, 2.75) is 25.6 Å². The Kier molecular flexibility index (Phi) is 6.10. The molecule has 3 rings (SSSR count). The van der Waals surface area contributed by atoms with Crippen LogP contribution in [0, 0.1) is 0 Å². The van der Waals surface area contributed by atoms with E-state index in [1.165, 1.54) is 0 Å². The molecule has 2 aromatic rings. The molecular formula is C20H22BrNO3. The zero-order chi connectivity index (χ0) is 17.6. The minimum Gasteiger partial charge on any atom is -0.488 e. The van der Waals surface area contributed by atoms with Crippen LogP contribution >= 0.6 is 15.9 Å². The molecule has 0 N–H and O–H groups in total. The molecule has 2 aromatic carbocycles. The first kappa shape index (κ1) is 18.0. The zero-order valence-corrected chi connectivity index (χ0v) is 15.9. The highest BCUT2D eigenvalue weighted by Gasteiger charge is 2.25. The second-order valence-corrected chi connectivity index (χ2v) is 7.06. The number of rotatable bonds is 5. The molecule has 0 aliphatic carbocycles. The maximum Gasteiger partial charge on any atom is 0.257 e. The first-order valence-corrected chi connectivity index (χ1v) is 9.25. The van der Waals surface area contributed by atoms with Gasteiger partial charge < -0.3 is 14.4 Å². The third kappa shape index (κ3) is 4.61. The van der Waals surface area contributed by atoms with Crippen LogP contribution in [0.5, 0.6) is 5.75 Å². The topological polar surface area (TPSA) is 38.8 Å². The fraction of sp³-hybridized carbons (Fsp3) is 0.350. The number of amides is 1. The van der Waals surface area contributed by atoms with Gasteiger partial charge >= 0.3 is 0 Å². The van der Waals surface area contributed by atoms with E-state index in [0.717, 1.165) is 36.0 Å². The predicted octanol–water partition coefficient (Wildman–Crippen LogP) is 4.28. The molecular weight excluding hydrogens is 382 g/mol. The lowest BCUT2D eigenvalue weighted by Gasteiger charge is -2.31. The van der Waals surface area contributed by atoms with Crippen molar-refractivity contribution in [3.8, 4) is 5.75 Å². The van der Waals surface area contributed by atoms with Gasteiger partial charge in [0.25, 0.3) is 5.91 Å². The Morgan fingerprint density at radius 3 is 2.64 bits per heavy atom. The number of halogens is 1. The van der Waals surface area contributed by atoms with Gasteiger partial charge in [-0.3, -0.25) is 4.79 Å². The average Bonchev–Trinajstić information content (AvgIpc) is 2.66. The summed E-state index contributed by atoms with van der Waals surface area (Å²) in [7, 11) is 1.73. The molecule has 132 valence electrons. The summed E-state index contributed by atoms with van der Waals surface area (Å²) < 4.78 is 12.3. The van der Waals surface area contributed by atoms with Crippen LogP contribution in [-0.2, 0) is 11.3 Å². The molecule has 1 heterocycles. The Labute approximate surface area is 156 Å². The first-order chi connectivity index (χ1) is 12.2. The largest absolute Gasteiger partial charge is 0.488 e. The molecule has 0 aromatic heterocycles. The van der Waals surface area contributed by atoms with Crippen molar-refractivity contribution in [3.63, 3.8) is 0 Å². The highest BCUT2D eigenvalue weighted by Crippen LogP contribution is 2.24. The molecule has 0 radical (unpaired) electrons. The Balaban J connectivity index is 1.69. The summed E-state index contributed by atoms with van der Waals surface area (Å²) in [6, 6.07) is 15.4. The summed E-state index contributed by atoms with van der Waals surface area (Å²) >= 11 is 3.46. The molecule has 1 fully saturated rings. The van der Waals surface area contributed by atoms with Crippen LogP contribution in [0.2, 0.25) is 0 Å². The van der Waals surface area contributed by atoms with E-state index in [0.29, 0.717) is 17.9 Å². The molecule has 1 aliphatic rings. The number of para-hydroxylation sites is 1. The molecule has 0 saturated carbocycles. The normalized spacial score (nSPS) is 15.2. The van der Waals surface area contributed by atoms with E-state index in [1.54, 1.807) is 7.11 Å². The second kappa shape index (κ2) is 8.50. The Hall–Kier alpha value is -1.85. The standard InChI is InChI=1S/C20H22BrNO3/c1-24-17-9-11-22(12-10-17)20(23)18-7-2-3-8-19(18)25-14-15-5-4-6-16(21)13-15/h2-8,13,17H,9-12,14H2,1H3. The summed E-state index contributed by atoms with van der Waals surface area (Å²) in [5.74, 6) is 0.653. The van der Waals surface area contributed by atoms with Gasteiger partial charge in [-0.1, -0.05) is 40.2 Å². The Bertz CT molecular complexity index is 726. The summed E-state index contributed by atoms with van der Waals surface area (Å²) in [6.07, 6.45) is 2.01. The maximum absolute atomic E-state index is 12.9. The van der Waals surface area contributed by atoms with Gasteiger partial charge in [0.15, 0.2) is 0 Å². The van der Waals surface area contributed by atoms with Gasteiger partial charge in [-0.15, -0.1) is 0 Å². The minimum atomic E-state index is 0.0272. The van der Waals surface area contributed by atoms with Crippen molar-refractivity contribution in [3.05, 3.63) is 64.1 Å². The van der Waals surface area contributed by atoms with E-state index >= 15 is 0 Å². The molecule has 1 amide bonds. The van der Waals surface area contributed by atoms with E-state index in [4.69, 9.17) is 9.47 Å². The zero-order valence-electron chi connectivity index (χ0n) is 14.3. The van der Waals surface area contributed by atoms with E-state index in [9.17, 15) is 4.79 Å². The number of benzene rings is 2. The number of ether oxygens (including phenoxy) is 2. The van der Waals surface area contributed by atoms with Crippen LogP contribution in [0.15, 0.2) is 53.0 Å². The van der Waals surface area contributed by atoms with Gasteiger partial charge in [0.05, 0.1) is 11.7 Å². The summed E-state index contributed by atoms with van der Waals surface area (Å²) in [6.45, 7) is 1.87. The number of likely N-dealkylation sites (tertiary alicyclic amines) is 1. The number of methoxy groups -OCH3 is 1. The Morgan fingerprint density at radius 2 is 1.92 bits per heavy atom. The number of nitrogens with zero attached hydrogens (tertiary/aromatic N) is 1. The van der Waals surface area contributed by atoms with Gasteiger partial charge in [0.1, 0.15) is 12.4 Å². The summed E-state index contributed by atoms with van der Waals surface area (Å²) in [5, 5.41) is 0. The molecule has 0 spiro atoms. The van der Waals surface area contributed by atoms with Crippen LogP contribution in [0.3, 0.4) is 0 Å². The van der Waals surface area contributed by atoms with Crippen molar-refractivity contribution in [2.75, 3.05) is 20.2 Å². The number of hydrogen-bond donors (Lipinski definition) is 0. The van der Waals surface area contributed by atoms with Crippen LogP contribution in [0.1, 0.15) is 28.8 Å². The SMILES string of the molecule is COC1CCN(C(=O)c2ccccc2OCc2cccc(Br)c2)CC1. The maximum atomic E-state index is 12.9. The fourth-order valence-corrected chi connectivity index (χ4v) is 3.47. The molecule has 1 saturated heterocycles. The highest BCUT2D eigenvalue weighted by molar-refractivity contribution is 9.10. The molecule has 5 heteroatoms. The van der Waals surface area contributed by atoms with Gasteiger partial charge in [0.2, 0.25) is 0 Å². The summed E-state index contributed by atoms with van der Waals surface area (Å²) in [5.41, 5.74) is 1.67. The molecule has 4 nitrogen and oxygen atoms in total. The highest BCUT2D eigenvalue weighted by atomic mass is 79.9. The van der Waals surface area contributed by atoms with Crippen LogP contribution < -0.4 is 4.74 Å². The lowest BCUT2D eigenvalue weighted by Crippen LogP contribution is -2.40. The quantitative estimate of drug-likeness (QED) is 0.747. The fourth-order valence-electron chi connectivity index (χ4n) is 3.02. The van der Waals surface area contributed by atoms with Crippen molar-refractivity contribution < 1.29 is 14.3 Å². The molecule has 1 aliphatic heterocycles. The van der Waals surface area contributed by atoms with Gasteiger partial charge in [-0.2, -0.15) is 0 Å². The number of carbonyl (C=O) groups excluding carboxylic acids is 1. The van der Waals surface area contributed by atoms with Crippen LogP contribution in [0.4, 0.5) is 0 Å². The van der Waals surface area contributed by atoms with E-state index in [-0.39, 0.29) is 12.0 Å². The van der Waals surface area contributed by atoms with E-state index < -0.39 is 0 Å². The van der Waals surface area contributed by atoms with Gasteiger partial charge in [-0.05, 0) is 42.7 Å². The molecule has 0 bridgehead atoms. The van der Waals surface area contributed by atoms with E-state index in [2.05, 4.69) is 15.9 Å². The lowest BCUT2D eigenvalue weighted by molar-refractivity contribution is 0.0348. The number of piperidine rings is 1. The first-order valence-electron chi connectivity index (χ1n) is 8.45. The second-order valence-electron chi connectivity index (χ2n) is 6.14. The Morgan fingerprint density at radius 1 is 1.16 bits per heavy atom. The monoisotopic (exact) mass is 403 g/mol. The minimum absolute atomic E-state index is 0.0272. The number of hydrogen-bond acceptors (Lipinski definition) is 3. The lowest BCUT2D eigenvalue weighted by atomic mass is 10.1. The number of carbonyl (C=O) groups is 1. The molecule has 0 atom stereocenters. The summed E-state index contributed by atoms with van der Waals surface area (Å²) in [4.78, 5) is 14.8. The van der Waals surface area contributed by atoms with Crippen molar-refractivity contribution in [2.24, 2.45) is 0 Å². The van der Waals surface area contributed by atoms with Crippen molar-refractivity contribution in [1.82, 2.24) is 4.90 Å². The third-order valence-corrected chi connectivity index (χ3v) is 4.96. The molecule has 25 heavy (non-hydrogen) atoms. The van der Waals surface area contributed by atoms with Gasteiger partial charge in [-0.25, -0.2) is 0 Å². The predicted molar refractivity (Wildman–Crippen MR) is 101 cm³/mol. The van der Waals surface area contributed by atoms with Gasteiger partial charge in [0, 0.05) is 24.7 Å². The van der Waals surface area contributed by atoms with Crippen molar-refractivity contribution >= 4 is 21.8 Å². The van der Waals surface area contributed by atoms with E-state index in [1.807, 2.05) is 53.4 Å². The average molecular weight is 404 g/mol.